The predicted octanol–water partition coefficient (Wildman–Crippen LogP) is 3.93. The third-order valence-electron chi connectivity index (χ3n) is 3.93. The van der Waals surface area contributed by atoms with Gasteiger partial charge < -0.3 is 11.1 Å². The van der Waals surface area contributed by atoms with Gasteiger partial charge in [-0.15, -0.1) is 0 Å². The number of anilines is 2. The van der Waals surface area contributed by atoms with Gasteiger partial charge in [-0.3, -0.25) is 0 Å². The van der Waals surface area contributed by atoms with Gasteiger partial charge in [0.15, 0.2) is 5.82 Å². The van der Waals surface area contributed by atoms with Crippen molar-refractivity contribution in [3.8, 4) is 0 Å². The molecule has 1 saturated carbocycles. The quantitative estimate of drug-likeness (QED) is 0.785. The van der Waals surface area contributed by atoms with Gasteiger partial charge in [0, 0.05) is 12.1 Å². The van der Waals surface area contributed by atoms with Gasteiger partial charge in [0.05, 0.1) is 11.4 Å². The molecule has 1 aliphatic rings. The van der Waals surface area contributed by atoms with Crippen LogP contribution in [0.3, 0.4) is 0 Å². The van der Waals surface area contributed by atoms with Crippen LogP contribution in [0.15, 0.2) is 12.1 Å². The highest BCUT2D eigenvalue weighted by molar-refractivity contribution is 5.67. The first-order chi connectivity index (χ1) is 8.40. The number of halogens is 2. The first-order valence-corrected chi connectivity index (χ1v) is 6.41. The molecular formula is C14H20F2N2. The average molecular weight is 254 g/mol. The Kier molecular flexibility index (Phi) is 3.46. The molecule has 0 aromatic heterocycles. The molecule has 4 heteroatoms. The Labute approximate surface area is 107 Å². The summed E-state index contributed by atoms with van der Waals surface area (Å²) in [6.07, 6.45) is 4.46. The molecule has 0 amide bonds. The molecule has 0 aliphatic heterocycles. The lowest BCUT2D eigenvalue weighted by molar-refractivity contribution is 0.217. The van der Waals surface area contributed by atoms with E-state index in [4.69, 9.17) is 5.73 Å². The number of hydrogen-bond donors (Lipinski definition) is 2. The lowest BCUT2D eigenvalue weighted by Crippen LogP contribution is -2.39. The van der Waals surface area contributed by atoms with E-state index in [9.17, 15) is 8.78 Å². The Balaban J connectivity index is 2.23. The van der Waals surface area contributed by atoms with E-state index in [2.05, 4.69) is 19.2 Å². The van der Waals surface area contributed by atoms with Gasteiger partial charge >= 0.3 is 0 Å². The van der Waals surface area contributed by atoms with Crippen LogP contribution in [0, 0.1) is 17.0 Å². The average Bonchev–Trinajstić information content (AvgIpc) is 2.27. The topological polar surface area (TPSA) is 38.0 Å². The Morgan fingerprint density at radius 1 is 1.28 bits per heavy atom. The molecule has 2 rings (SSSR count). The normalized spacial score (nSPS) is 22.8. The maximum Gasteiger partial charge on any atom is 0.151 e. The first-order valence-electron chi connectivity index (χ1n) is 6.41. The summed E-state index contributed by atoms with van der Waals surface area (Å²) in [4.78, 5) is 0. The number of nitrogens with two attached hydrogens (primary N) is 1. The van der Waals surface area contributed by atoms with Crippen molar-refractivity contribution in [2.75, 3.05) is 11.1 Å². The molecule has 0 radical (unpaired) electrons. The number of rotatable bonds is 2. The van der Waals surface area contributed by atoms with Crippen LogP contribution in [-0.4, -0.2) is 6.04 Å². The number of hydrogen-bond acceptors (Lipinski definition) is 2. The van der Waals surface area contributed by atoms with Gasteiger partial charge in [0.25, 0.3) is 0 Å². The second-order valence-corrected chi connectivity index (χ2v) is 5.78. The van der Waals surface area contributed by atoms with E-state index in [1.54, 1.807) is 0 Å². The fourth-order valence-corrected chi connectivity index (χ4v) is 2.65. The Bertz CT molecular complexity index is 444. The first kappa shape index (κ1) is 13.1. The van der Waals surface area contributed by atoms with Gasteiger partial charge in [0.2, 0.25) is 0 Å². The molecular weight excluding hydrogens is 234 g/mol. The van der Waals surface area contributed by atoms with Crippen LogP contribution in [0.4, 0.5) is 20.2 Å². The molecule has 1 aromatic carbocycles. The summed E-state index contributed by atoms with van der Waals surface area (Å²) in [6, 6.07) is 2.28. The summed E-state index contributed by atoms with van der Waals surface area (Å²) in [6.45, 7) is 4.35. The van der Waals surface area contributed by atoms with Crippen LogP contribution in [-0.2, 0) is 0 Å². The Hall–Kier alpha value is -1.32. The Morgan fingerprint density at radius 2 is 2.00 bits per heavy atom. The van der Waals surface area contributed by atoms with E-state index < -0.39 is 11.6 Å². The zero-order chi connectivity index (χ0) is 13.3. The molecule has 3 N–H and O–H groups in total. The van der Waals surface area contributed by atoms with Crippen molar-refractivity contribution in [1.82, 2.24) is 0 Å². The van der Waals surface area contributed by atoms with Crippen molar-refractivity contribution in [1.29, 1.82) is 0 Å². The SMILES string of the molecule is CC1(C)CCCCC1Nc1cc(F)cc(F)c1N. The van der Waals surface area contributed by atoms with Crippen molar-refractivity contribution in [2.45, 2.75) is 45.6 Å². The summed E-state index contributed by atoms with van der Waals surface area (Å²) >= 11 is 0. The lowest BCUT2D eigenvalue weighted by atomic mass is 9.73. The lowest BCUT2D eigenvalue weighted by Gasteiger charge is -2.39. The smallest absolute Gasteiger partial charge is 0.151 e. The van der Waals surface area contributed by atoms with Crippen molar-refractivity contribution in [3.05, 3.63) is 23.8 Å². The summed E-state index contributed by atoms with van der Waals surface area (Å²) in [5, 5.41) is 3.22. The molecule has 2 nitrogen and oxygen atoms in total. The van der Waals surface area contributed by atoms with Crippen molar-refractivity contribution in [3.63, 3.8) is 0 Å². The highest BCUT2D eigenvalue weighted by Crippen LogP contribution is 2.38. The van der Waals surface area contributed by atoms with E-state index in [0.29, 0.717) is 5.69 Å². The van der Waals surface area contributed by atoms with E-state index >= 15 is 0 Å². The van der Waals surface area contributed by atoms with Crippen LogP contribution in [0.5, 0.6) is 0 Å². The molecule has 1 fully saturated rings. The van der Waals surface area contributed by atoms with Gasteiger partial charge in [-0.05, 0) is 24.3 Å². The van der Waals surface area contributed by atoms with Crippen molar-refractivity contribution in [2.24, 2.45) is 5.41 Å². The van der Waals surface area contributed by atoms with E-state index in [1.165, 1.54) is 12.5 Å². The minimum atomic E-state index is -0.703. The van der Waals surface area contributed by atoms with Crippen LogP contribution in [0.1, 0.15) is 39.5 Å². The van der Waals surface area contributed by atoms with Crippen LogP contribution >= 0.6 is 0 Å². The van der Waals surface area contributed by atoms with Crippen molar-refractivity contribution < 1.29 is 8.78 Å². The van der Waals surface area contributed by atoms with Crippen LogP contribution in [0.2, 0.25) is 0 Å². The Morgan fingerprint density at radius 3 is 2.67 bits per heavy atom. The van der Waals surface area contributed by atoms with Crippen LogP contribution < -0.4 is 11.1 Å². The molecule has 100 valence electrons. The summed E-state index contributed by atoms with van der Waals surface area (Å²) in [5.74, 6) is -1.30. The minimum absolute atomic E-state index is 0.00206. The maximum atomic E-state index is 13.4. The highest BCUT2D eigenvalue weighted by Gasteiger charge is 2.32. The summed E-state index contributed by atoms with van der Waals surface area (Å²) in [7, 11) is 0. The number of nitrogens with one attached hydrogen (secondary N) is 1. The molecule has 0 spiro atoms. The van der Waals surface area contributed by atoms with Crippen molar-refractivity contribution >= 4 is 11.4 Å². The molecule has 1 aliphatic carbocycles. The number of nitrogen functional groups attached to an aromatic ring is 1. The van der Waals surface area contributed by atoms with Gasteiger partial charge in [0.1, 0.15) is 5.82 Å². The fraction of sp³-hybridized carbons (Fsp3) is 0.571. The van der Waals surface area contributed by atoms with Crippen LogP contribution in [0.25, 0.3) is 0 Å². The molecule has 1 unspecified atom stereocenters. The van der Waals surface area contributed by atoms with E-state index in [-0.39, 0.29) is 17.1 Å². The second kappa shape index (κ2) is 4.75. The molecule has 0 bridgehead atoms. The molecule has 1 aromatic rings. The van der Waals surface area contributed by atoms with Gasteiger partial charge in [-0.2, -0.15) is 0 Å². The summed E-state index contributed by atoms with van der Waals surface area (Å²) < 4.78 is 26.6. The second-order valence-electron chi connectivity index (χ2n) is 5.78. The standard InChI is InChI=1S/C14H20F2N2/c1-14(2)6-4-3-5-12(14)18-11-8-9(15)7-10(16)13(11)17/h7-8,12,18H,3-6,17H2,1-2H3. The summed E-state index contributed by atoms with van der Waals surface area (Å²) in [5.41, 5.74) is 6.14. The number of benzene rings is 1. The minimum Gasteiger partial charge on any atom is -0.395 e. The highest BCUT2D eigenvalue weighted by atomic mass is 19.1. The zero-order valence-corrected chi connectivity index (χ0v) is 10.9. The third kappa shape index (κ3) is 2.57. The van der Waals surface area contributed by atoms with Gasteiger partial charge in [-0.25, -0.2) is 8.78 Å². The molecule has 0 saturated heterocycles. The zero-order valence-electron chi connectivity index (χ0n) is 10.9. The monoisotopic (exact) mass is 254 g/mol. The van der Waals surface area contributed by atoms with E-state index in [1.807, 2.05) is 0 Å². The van der Waals surface area contributed by atoms with E-state index in [0.717, 1.165) is 25.3 Å². The third-order valence-corrected chi connectivity index (χ3v) is 3.93. The fourth-order valence-electron chi connectivity index (χ4n) is 2.65. The molecule has 18 heavy (non-hydrogen) atoms. The molecule has 1 atom stereocenters. The van der Waals surface area contributed by atoms with Gasteiger partial charge in [-0.1, -0.05) is 26.7 Å². The molecule has 0 heterocycles. The largest absolute Gasteiger partial charge is 0.395 e. The predicted molar refractivity (Wildman–Crippen MR) is 70.4 cm³/mol. The maximum absolute atomic E-state index is 13.4.